The van der Waals surface area contributed by atoms with Crippen LogP contribution in [0.2, 0.25) is 0 Å². The molecule has 0 bridgehead atoms. The molecule has 1 aromatic carbocycles. The highest BCUT2D eigenvalue weighted by Crippen LogP contribution is 2.14. The van der Waals surface area contributed by atoms with Crippen molar-refractivity contribution in [3.8, 4) is 5.69 Å². The van der Waals surface area contributed by atoms with Gasteiger partial charge in [-0.2, -0.15) is 4.98 Å². The maximum Gasteiger partial charge on any atom is 0.328 e. The molecule has 22 heavy (non-hydrogen) atoms. The Morgan fingerprint density at radius 2 is 2.05 bits per heavy atom. The summed E-state index contributed by atoms with van der Waals surface area (Å²) in [6, 6.07) is 9.29. The van der Waals surface area contributed by atoms with Gasteiger partial charge in [-0.05, 0) is 12.1 Å². The Hall–Kier alpha value is -3.03. The maximum absolute atomic E-state index is 12.3. The van der Waals surface area contributed by atoms with Crippen LogP contribution in [0.25, 0.3) is 5.69 Å². The third-order valence-corrected chi connectivity index (χ3v) is 2.96. The lowest BCUT2D eigenvalue weighted by Gasteiger charge is -2.04. The molecule has 8 heteroatoms. The monoisotopic (exact) mass is 298 g/mol. The molecule has 0 fully saturated rings. The van der Waals surface area contributed by atoms with Crippen LogP contribution >= 0.6 is 0 Å². The number of benzene rings is 1. The van der Waals surface area contributed by atoms with E-state index in [1.165, 1.54) is 10.9 Å². The number of carbonyl (C=O) groups is 1. The first-order chi connectivity index (χ1) is 10.6. The topological polar surface area (TPSA) is 98.7 Å². The number of anilines is 1. The van der Waals surface area contributed by atoms with Gasteiger partial charge in [0, 0.05) is 5.92 Å². The van der Waals surface area contributed by atoms with Gasteiger partial charge in [0.25, 0.3) is 5.91 Å². The largest absolute Gasteiger partial charge is 0.328 e. The second kappa shape index (κ2) is 5.76. The Morgan fingerprint density at radius 1 is 1.27 bits per heavy atom. The van der Waals surface area contributed by atoms with E-state index < -0.39 is 5.91 Å². The lowest BCUT2D eigenvalue weighted by Crippen LogP contribution is -2.17. The fourth-order valence-corrected chi connectivity index (χ4v) is 1.83. The summed E-state index contributed by atoms with van der Waals surface area (Å²) in [5, 5.41) is 14.0. The van der Waals surface area contributed by atoms with Crippen LogP contribution in [0.3, 0.4) is 0 Å². The third kappa shape index (κ3) is 2.71. The van der Waals surface area contributed by atoms with Gasteiger partial charge in [0.15, 0.2) is 11.5 Å². The van der Waals surface area contributed by atoms with Gasteiger partial charge in [0.05, 0.1) is 11.9 Å². The number of nitrogens with one attached hydrogen (secondary N) is 1. The van der Waals surface area contributed by atoms with Crippen molar-refractivity contribution in [2.24, 2.45) is 0 Å². The molecule has 112 valence electrons. The van der Waals surface area contributed by atoms with Crippen LogP contribution in [-0.4, -0.2) is 31.0 Å². The number of para-hydroxylation sites is 1. The fourth-order valence-electron chi connectivity index (χ4n) is 1.83. The molecule has 3 rings (SSSR count). The molecule has 0 unspecified atom stereocenters. The van der Waals surface area contributed by atoms with Crippen molar-refractivity contribution in [2.75, 3.05) is 5.32 Å². The zero-order chi connectivity index (χ0) is 15.5. The van der Waals surface area contributed by atoms with Crippen LogP contribution in [0.1, 0.15) is 36.1 Å². The van der Waals surface area contributed by atoms with E-state index in [4.69, 9.17) is 4.52 Å². The van der Waals surface area contributed by atoms with Crippen molar-refractivity contribution >= 4 is 11.9 Å². The van der Waals surface area contributed by atoms with E-state index in [-0.39, 0.29) is 17.6 Å². The summed E-state index contributed by atoms with van der Waals surface area (Å²) in [7, 11) is 0. The minimum atomic E-state index is -0.423. The minimum absolute atomic E-state index is 0.0505. The van der Waals surface area contributed by atoms with Crippen molar-refractivity contribution < 1.29 is 9.32 Å². The average molecular weight is 298 g/mol. The molecule has 0 saturated heterocycles. The van der Waals surface area contributed by atoms with Crippen molar-refractivity contribution in [3.63, 3.8) is 0 Å². The molecule has 0 aliphatic carbocycles. The van der Waals surface area contributed by atoms with E-state index in [1.807, 2.05) is 44.2 Å². The highest BCUT2D eigenvalue weighted by Gasteiger charge is 2.18. The summed E-state index contributed by atoms with van der Waals surface area (Å²) < 4.78 is 6.44. The molecular formula is C14H14N6O2. The van der Waals surface area contributed by atoms with Crippen LogP contribution in [0, 0.1) is 0 Å². The van der Waals surface area contributed by atoms with Gasteiger partial charge in [0.1, 0.15) is 0 Å². The van der Waals surface area contributed by atoms with E-state index in [2.05, 4.69) is 25.8 Å². The molecule has 0 atom stereocenters. The van der Waals surface area contributed by atoms with Gasteiger partial charge >= 0.3 is 6.01 Å². The summed E-state index contributed by atoms with van der Waals surface area (Å²) in [6.07, 6.45) is 1.38. The lowest BCUT2D eigenvalue weighted by atomic mass is 10.2. The molecule has 0 aliphatic rings. The highest BCUT2D eigenvalue weighted by molar-refractivity contribution is 6.01. The Balaban J connectivity index is 1.83. The van der Waals surface area contributed by atoms with Crippen molar-refractivity contribution in [1.29, 1.82) is 0 Å². The van der Waals surface area contributed by atoms with Crippen molar-refractivity contribution in [1.82, 2.24) is 25.1 Å². The number of rotatable bonds is 4. The minimum Gasteiger partial charge on any atom is -0.315 e. The van der Waals surface area contributed by atoms with E-state index in [0.717, 1.165) is 5.69 Å². The Labute approximate surface area is 126 Å². The molecule has 2 aromatic heterocycles. The number of nitrogens with zero attached hydrogens (tertiary/aromatic N) is 5. The molecule has 2 heterocycles. The predicted octanol–water partition coefficient (Wildman–Crippen LogP) is 2.03. The molecule has 3 aromatic rings. The lowest BCUT2D eigenvalue weighted by molar-refractivity contribution is 0.101. The number of hydrogen-bond donors (Lipinski definition) is 1. The number of carbonyl (C=O) groups excluding carboxylic acids is 1. The molecule has 1 N–H and O–H groups in total. The molecule has 0 saturated carbocycles. The van der Waals surface area contributed by atoms with Crippen LogP contribution in [0.4, 0.5) is 6.01 Å². The van der Waals surface area contributed by atoms with Gasteiger partial charge in [0.2, 0.25) is 0 Å². The number of aromatic nitrogens is 5. The summed E-state index contributed by atoms with van der Waals surface area (Å²) >= 11 is 0. The SMILES string of the molecule is CC(C)c1noc(NC(=O)c2cnnn2-c2ccccc2)n1. The molecule has 0 radical (unpaired) electrons. The summed E-state index contributed by atoms with van der Waals surface area (Å²) in [5.74, 6) is 0.226. The molecule has 0 spiro atoms. The smallest absolute Gasteiger partial charge is 0.315 e. The number of amides is 1. The van der Waals surface area contributed by atoms with Gasteiger partial charge < -0.3 is 4.52 Å². The predicted molar refractivity (Wildman–Crippen MR) is 77.7 cm³/mol. The van der Waals surface area contributed by atoms with E-state index in [1.54, 1.807) is 0 Å². The van der Waals surface area contributed by atoms with Crippen LogP contribution in [-0.2, 0) is 0 Å². The first-order valence-electron chi connectivity index (χ1n) is 6.76. The third-order valence-electron chi connectivity index (χ3n) is 2.96. The van der Waals surface area contributed by atoms with Gasteiger partial charge in [-0.15, -0.1) is 5.10 Å². The normalized spacial score (nSPS) is 10.9. The van der Waals surface area contributed by atoms with Crippen molar-refractivity contribution in [2.45, 2.75) is 19.8 Å². The molecule has 0 aliphatic heterocycles. The van der Waals surface area contributed by atoms with Crippen LogP contribution in [0.15, 0.2) is 41.1 Å². The molecule has 8 nitrogen and oxygen atoms in total. The Kier molecular flexibility index (Phi) is 3.65. The summed E-state index contributed by atoms with van der Waals surface area (Å²) in [5.41, 5.74) is 1.01. The Morgan fingerprint density at radius 3 is 2.73 bits per heavy atom. The first kappa shape index (κ1) is 13.9. The van der Waals surface area contributed by atoms with Crippen LogP contribution < -0.4 is 5.32 Å². The Bertz CT molecular complexity index is 777. The maximum atomic E-state index is 12.3. The fraction of sp³-hybridized carbons (Fsp3) is 0.214. The standard InChI is InChI=1S/C14H14N6O2/c1-9(2)12-16-14(22-18-12)17-13(21)11-8-15-19-20(11)10-6-4-3-5-7-10/h3-9H,1-2H3,(H,16,17,18,21). The zero-order valence-electron chi connectivity index (χ0n) is 12.1. The van der Waals surface area contributed by atoms with Gasteiger partial charge in [-0.3, -0.25) is 10.1 Å². The van der Waals surface area contributed by atoms with Gasteiger partial charge in [-0.25, -0.2) is 4.68 Å². The average Bonchev–Trinajstić information content (AvgIpc) is 3.17. The first-order valence-corrected chi connectivity index (χ1v) is 6.76. The summed E-state index contributed by atoms with van der Waals surface area (Å²) in [6.45, 7) is 3.87. The number of hydrogen-bond acceptors (Lipinski definition) is 6. The zero-order valence-corrected chi connectivity index (χ0v) is 12.1. The summed E-state index contributed by atoms with van der Waals surface area (Å²) in [4.78, 5) is 16.4. The van der Waals surface area contributed by atoms with Crippen LogP contribution in [0.5, 0.6) is 0 Å². The molecular weight excluding hydrogens is 284 g/mol. The van der Waals surface area contributed by atoms with E-state index in [9.17, 15) is 4.79 Å². The van der Waals surface area contributed by atoms with E-state index in [0.29, 0.717) is 5.82 Å². The highest BCUT2D eigenvalue weighted by atomic mass is 16.5. The van der Waals surface area contributed by atoms with E-state index >= 15 is 0 Å². The second-order valence-corrected chi connectivity index (χ2v) is 4.93. The van der Waals surface area contributed by atoms with Crippen molar-refractivity contribution in [3.05, 3.63) is 48.0 Å². The quantitative estimate of drug-likeness (QED) is 0.791. The van der Waals surface area contributed by atoms with Gasteiger partial charge in [-0.1, -0.05) is 42.4 Å². The molecule has 1 amide bonds. The second-order valence-electron chi connectivity index (χ2n) is 4.93.